The first-order chi connectivity index (χ1) is 43.0. The van der Waals surface area contributed by atoms with Crippen LogP contribution in [0.2, 0.25) is 0 Å². The molecule has 11 rings (SSSR count). The molecule has 11 aromatic rings. The first kappa shape index (κ1) is 64.8. The monoisotopic (exact) mass is 1410 g/mol. The molecule has 0 spiro atoms. The maximum Gasteiger partial charge on any atom is 0.339 e. The fraction of sp³-hybridized carbons (Fsp3) is 0.100. The SMILES string of the molecule is COc1cc(Br)c(F)cc1-n1c(=O)ccc2cc(S(=O)(=O)Oc3c(F)c(F)c(F)c(F)c3F)ccc21.COc1ccc(CN(c2ccon2)S(=O)(=O)c2ccc3c(ccc(=O)n3-c3cc(F)c(Br)cc3OC)c2)cc1.COc1ccc(CNc2ccon2)cc1. The van der Waals surface area contributed by atoms with Crippen molar-refractivity contribution in [2.45, 2.75) is 22.9 Å². The van der Waals surface area contributed by atoms with Gasteiger partial charge < -0.3 is 37.5 Å². The van der Waals surface area contributed by atoms with Crippen molar-refractivity contribution in [1.29, 1.82) is 0 Å². The largest absolute Gasteiger partial charge is 0.497 e. The average Bonchev–Trinajstić information content (AvgIpc) is 0.841. The number of sulfonamides is 1. The van der Waals surface area contributed by atoms with E-state index in [-0.39, 0.29) is 60.0 Å². The minimum Gasteiger partial charge on any atom is -0.497 e. The number of benzene rings is 7. The summed E-state index contributed by atoms with van der Waals surface area (Å²) in [5.41, 5.74) is 1.36. The highest BCUT2D eigenvalue weighted by molar-refractivity contribution is 9.10. The molecule has 90 heavy (non-hydrogen) atoms. The summed E-state index contributed by atoms with van der Waals surface area (Å²) in [5, 5.41) is 11.2. The molecule has 19 nitrogen and oxygen atoms in total. The summed E-state index contributed by atoms with van der Waals surface area (Å²) in [7, 11) is -3.38. The molecule has 0 unspecified atom stereocenters. The van der Waals surface area contributed by atoms with Crippen LogP contribution in [0.25, 0.3) is 33.2 Å². The quantitative estimate of drug-likeness (QED) is 0.0387. The van der Waals surface area contributed by atoms with Gasteiger partial charge in [0.25, 0.3) is 21.1 Å². The highest BCUT2D eigenvalue weighted by Gasteiger charge is 2.32. The number of ether oxygens (including phenoxy) is 4. The smallest absolute Gasteiger partial charge is 0.339 e. The van der Waals surface area contributed by atoms with Crippen molar-refractivity contribution in [3.8, 4) is 40.1 Å². The van der Waals surface area contributed by atoms with E-state index in [9.17, 15) is 57.2 Å². The molecule has 0 saturated heterocycles. The number of nitrogens with one attached hydrogen (secondary N) is 1. The molecule has 4 heterocycles. The van der Waals surface area contributed by atoms with Gasteiger partial charge in [-0.05, 0) is 128 Å². The Kier molecular flexibility index (Phi) is 19.7. The Morgan fingerprint density at radius 2 is 0.989 bits per heavy atom. The fourth-order valence-corrected chi connectivity index (χ4v) is 11.7. The molecule has 1 N–H and O–H groups in total. The Hall–Kier alpha value is -9.65. The zero-order valence-electron chi connectivity index (χ0n) is 46.7. The number of rotatable bonds is 17. The number of hydrogen-bond donors (Lipinski definition) is 1. The number of hydrogen-bond acceptors (Lipinski definition) is 16. The van der Waals surface area contributed by atoms with Crippen LogP contribution in [0.5, 0.6) is 28.7 Å². The summed E-state index contributed by atoms with van der Waals surface area (Å²) < 4.78 is 188. The van der Waals surface area contributed by atoms with E-state index in [0.29, 0.717) is 22.2 Å². The molecule has 0 aliphatic rings. The molecule has 0 fully saturated rings. The summed E-state index contributed by atoms with van der Waals surface area (Å²) >= 11 is 6.12. The first-order valence-corrected chi connectivity index (χ1v) is 30.1. The average molecular weight is 1410 g/mol. The molecule has 4 aromatic heterocycles. The van der Waals surface area contributed by atoms with Gasteiger partial charge in [-0.25, -0.2) is 34.7 Å². The van der Waals surface area contributed by atoms with Crippen molar-refractivity contribution in [2.24, 2.45) is 0 Å². The number of aromatic nitrogens is 4. The lowest BCUT2D eigenvalue weighted by Gasteiger charge is -2.22. The second kappa shape index (κ2) is 27.4. The maximum absolute atomic E-state index is 14.5. The lowest BCUT2D eigenvalue weighted by atomic mass is 10.2. The lowest BCUT2D eigenvalue weighted by molar-refractivity contribution is 0.346. The topological polar surface area (TPSA) is 226 Å². The van der Waals surface area contributed by atoms with Crippen LogP contribution >= 0.6 is 31.9 Å². The van der Waals surface area contributed by atoms with Crippen LogP contribution in [0.1, 0.15) is 11.1 Å². The van der Waals surface area contributed by atoms with Gasteiger partial charge in [0, 0.05) is 53.7 Å². The Morgan fingerprint density at radius 1 is 0.522 bits per heavy atom. The molecule has 7 aromatic carbocycles. The zero-order valence-corrected chi connectivity index (χ0v) is 51.5. The molecule has 30 heteroatoms. The van der Waals surface area contributed by atoms with Crippen LogP contribution in [0.3, 0.4) is 0 Å². The molecule has 466 valence electrons. The molecule has 0 bridgehead atoms. The molecule has 0 aliphatic carbocycles. The van der Waals surface area contributed by atoms with Crippen molar-refractivity contribution >= 4 is 85.4 Å². The van der Waals surface area contributed by atoms with Crippen molar-refractivity contribution in [1.82, 2.24) is 19.4 Å². The Morgan fingerprint density at radius 3 is 1.46 bits per heavy atom. The Labute approximate surface area is 522 Å². The van der Waals surface area contributed by atoms with Gasteiger partial charge in [-0.1, -0.05) is 34.6 Å². The second-order valence-corrected chi connectivity index (χ2v) is 23.7. The molecule has 0 saturated carbocycles. The summed E-state index contributed by atoms with van der Waals surface area (Å²) in [6.07, 6.45) is 2.83. The minimum absolute atomic E-state index is 0.0221. The second-order valence-electron chi connectivity index (χ2n) is 18.6. The normalized spacial score (nSPS) is 11.3. The Balaban J connectivity index is 0.000000174. The van der Waals surface area contributed by atoms with Crippen LogP contribution in [0.4, 0.5) is 42.4 Å². The van der Waals surface area contributed by atoms with Crippen molar-refractivity contribution in [2.75, 3.05) is 38.1 Å². The number of methoxy groups -OCH3 is 4. The predicted octanol–water partition coefficient (Wildman–Crippen LogP) is 13.0. The first-order valence-electron chi connectivity index (χ1n) is 25.7. The highest BCUT2D eigenvalue weighted by atomic mass is 79.9. The summed E-state index contributed by atoms with van der Waals surface area (Å²) in [6, 6.07) is 35.2. The summed E-state index contributed by atoms with van der Waals surface area (Å²) in [6.45, 7) is 0.697. The Bertz CT molecular complexity index is 4790. The summed E-state index contributed by atoms with van der Waals surface area (Å²) in [5.74, 6) is -12.9. The minimum atomic E-state index is -5.12. The molecule has 0 aliphatic heterocycles. The zero-order chi connectivity index (χ0) is 64.8. The summed E-state index contributed by atoms with van der Waals surface area (Å²) in [4.78, 5) is 24.8. The number of fused-ring (bicyclic) bond motifs is 2. The van der Waals surface area contributed by atoms with Gasteiger partial charge in [-0.2, -0.15) is 17.2 Å². The van der Waals surface area contributed by atoms with Gasteiger partial charge in [0.1, 0.15) is 52.1 Å². The molecular weight excluding hydrogens is 1370 g/mol. The van der Waals surface area contributed by atoms with E-state index in [4.69, 9.17) is 28.0 Å². The van der Waals surface area contributed by atoms with E-state index in [1.807, 2.05) is 24.3 Å². The van der Waals surface area contributed by atoms with Crippen molar-refractivity contribution in [3.63, 3.8) is 0 Å². The van der Waals surface area contributed by atoms with Gasteiger partial charge >= 0.3 is 10.1 Å². The molecule has 0 radical (unpaired) electrons. The molecule has 0 atom stereocenters. The number of pyridine rings is 2. The lowest BCUT2D eigenvalue weighted by Crippen LogP contribution is -2.31. The van der Waals surface area contributed by atoms with Gasteiger partial charge in [-0.3, -0.25) is 18.7 Å². The van der Waals surface area contributed by atoms with Crippen LogP contribution in [0.15, 0.2) is 195 Å². The van der Waals surface area contributed by atoms with E-state index in [1.54, 1.807) is 44.6 Å². The highest BCUT2D eigenvalue weighted by Crippen LogP contribution is 2.36. The van der Waals surface area contributed by atoms with E-state index in [2.05, 4.69) is 51.7 Å². The van der Waals surface area contributed by atoms with Crippen LogP contribution in [-0.2, 0) is 33.2 Å². The van der Waals surface area contributed by atoms with E-state index in [1.165, 1.54) is 97.5 Å². The van der Waals surface area contributed by atoms with Gasteiger partial charge in [0.15, 0.2) is 11.6 Å². The number of nitrogens with zero attached hydrogens (tertiary/aromatic N) is 5. The van der Waals surface area contributed by atoms with E-state index < -0.39 is 82.6 Å². The third kappa shape index (κ3) is 13.8. The molecular formula is C60H43Br2F7N6O13S2. The van der Waals surface area contributed by atoms with Crippen molar-refractivity contribution in [3.05, 3.63) is 240 Å². The van der Waals surface area contributed by atoms with Crippen molar-refractivity contribution < 1.29 is 79.7 Å². The van der Waals surface area contributed by atoms with Crippen LogP contribution in [-0.4, -0.2) is 64.7 Å². The third-order valence-electron chi connectivity index (χ3n) is 13.1. The van der Waals surface area contributed by atoms with Gasteiger partial charge in [0.05, 0.1) is 71.2 Å². The van der Waals surface area contributed by atoms with E-state index in [0.717, 1.165) is 57.3 Å². The number of halogens is 9. The maximum atomic E-state index is 14.5. The van der Waals surface area contributed by atoms with E-state index >= 15 is 0 Å². The standard InChI is InChI=1S/C27H21BrFN3O6S.C22H10BrF6NO5S.C11H12N2O2/c1-36-19-6-3-17(4-7-19)16-31(26-11-12-38-30-26)39(34,35)20-8-9-23-18(13-20)5-10-27(33)32(23)24-15-22(29)21(28)14-25(24)37-2;1-34-15-7-11(23)12(24)8-14(15)30-13-4-3-10(6-9(13)2-5-16(30)31)36(32,33)35-22-20(28)18(26)17(25)19(27)21(22)29;1-14-10-4-2-9(3-5-10)8-12-11-6-7-15-13-11/h3-15H,16H2,1-2H3;2-8H,1H3;2-7H,8H2,1H3,(H,12,13). The predicted molar refractivity (Wildman–Crippen MR) is 321 cm³/mol. The number of anilines is 2. The third-order valence-corrected chi connectivity index (χ3v) is 17.3. The van der Waals surface area contributed by atoms with Gasteiger partial charge in [-0.15, -0.1) is 0 Å². The van der Waals surface area contributed by atoms with Gasteiger partial charge in [0.2, 0.25) is 34.8 Å². The molecule has 0 amide bonds. The fourth-order valence-electron chi connectivity index (χ4n) is 8.68. The van der Waals surface area contributed by atoms with Crippen LogP contribution < -0.4 is 43.9 Å². The van der Waals surface area contributed by atoms with Crippen LogP contribution in [0, 0.1) is 40.7 Å².